The van der Waals surface area contributed by atoms with Gasteiger partial charge in [-0.3, -0.25) is 4.52 Å². The van der Waals surface area contributed by atoms with Gasteiger partial charge in [-0.15, -0.1) is 4.67 Å². The van der Waals surface area contributed by atoms with Crippen LogP contribution in [0.5, 0.6) is 0 Å². The zero-order chi connectivity index (χ0) is 9.12. The lowest BCUT2D eigenvalue weighted by Gasteiger charge is -2.12. The lowest BCUT2D eigenvalue weighted by atomic mass is 10.9. The first-order valence-electron chi connectivity index (χ1n) is 2.14. The first-order valence-corrected chi connectivity index (χ1v) is 4.77. The van der Waals surface area contributed by atoms with Crippen molar-refractivity contribution in [2.24, 2.45) is 0 Å². The third kappa shape index (κ3) is 7.31. The van der Waals surface area contributed by atoms with E-state index >= 15 is 0 Å². The van der Waals surface area contributed by atoms with E-state index in [4.69, 9.17) is 45.0 Å². The average Bonchev–Trinajstić information content (AvgIpc) is 1.83. The molecule has 0 aromatic heterocycles. The number of hydrogen-bond donors (Lipinski definition) is 2. The highest BCUT2D eigenvalue weighted by atomic mass is 35.6. The summed E-state index contributed by atoms with van der Waals surface area (Å²) in [6, 6.07) is 0. The van der Waals surface area contributed by atoms with Crippen molar-refractivity contribution in [3.8, 4) is 0 Å². The molecule has 0 bridgehead atoms. The van der Waals surface area contributed by atoms with Gasteiger partial charge >= 0.3 is 7.82 Å². The van der Waals surface area contributed by atoms with Gasteiger partial charge in [-0.1, -0.05) is 34.8 Å². The molecule has 0 aromatic carbocycles. The summed E-state index contributed by atoms with van der Waals surface area (Å²) in [6.45, 7) is -0.661. The first kappa shape index (κ1) is 11.9. The summed E-state index contributed by atoms with van der Waals surface area (Å²) in [6.07, 6.45) is 0. The molecule has 0 aliphatic rings. The largest absolute Gasteiger partial charge is 0.499 e. The Hall–Kier alpha value is 0.940. The van der Waals surface area contributed by atoms with E-state index in [0.717, 1.165) is 0 Å². The molecule has 5 nitrogen and oxygen atoms in total. The number of phosphoric acid groups is 1. The fourth-order valence-electron chi connectivity index (χ4n) is 0.178. The standard InChI is InChI=1S/C2H4Cl3O5P/c3-2(4,5)1-9-11(7,8)10-6/h6H,1H2,(H,7,8). The Morgan fingerprint density at radius 3 is 2.18 bits per heavy atom. The van der Waals surface area contributed by atoms with Crippen LogP contribution in [-0.2, 0) is 13.8 Å². The number of halogens is 3. The summed E-state index contributed by atoms with van der Waals surface area (Å²) in [5, 5.41) is 7.72. The highest BCUT2D eigenvalue weighted by Gasteiger charge is 2.28. The highest BCUT2D eigenvalue weighted by molar-refractivity contribution is 7.47. The molecule has 0 rings (SSSR count). The Balaban J connectivity index is 3.80. The lowest BCUT2D eigenvalue weighted by molar-refractivity contribution is -0.162. The minimum atomic E-state index is -4.47. The number of phosphoric ester groups is 1. The van der Waals surface area contributed by atoms with E-state index in [-0.39, 0.29) is 0 Å². The summed E-state index contributed by atoms with van der Waals surface area (Å²) >= 11 is 15.4. The van der Waals surface area contributed by atoms with E-state index in [2.05, 4.69) is 9.20 Å². The molecule has 0 fully saturated rings. The van der Waals surface area contributed by atoms with Crippen molar-refractivity contribution < 1.29 is 23.9 Å². The smallest absolute Gasteiger partial charge is 0.301 e. The van der Waals surface area contributed by atoms with E-state index < -0.39 is 18.2 Å². The van der Waals surface area contributed by atoms with Crippen molar-refractivity contribution in [1.82, 2.24) is 0 Å². The van der Waals surface area contributed by atoms with Crippen LogP contribution in [0.1, 0.15) is 0 Å². The Bertz CT molecular complexity index is 166. The second kappa shape index (κ2) is 4.25. The fraction of sp³-hybridized carbons (Fsp3) is 1.00. The predicted molar refractivity (Wildman–Crippen MR) is 39.8 cm³/mol. The molecule has 0 saturated carbocycles. The molecule has 0 spiro atoms. The van der Waals surface area contributed by atoms with Crippen LogP contribution in [-0.4, -0.2) is 20.6 Å². The topological polar surface area (TPSA) is 76.0 Å². The van der Waals surface area contributed by atoms with Crippen LogP contribution in [0.4, 0.5) is 0 Å². The summed E-state index contributed by atoms with van der Waals surface area (Å²) in [5.41, 5.74) is 0. The second-order valence-corrected chi connectivity index (χ2v) is 5.31. The Morgan fingerprint density at radius 2 is 1.91 bits per heavy atom. The van der Waals surface area contributed by atoms with Crippen molar-refractivity contribution in [3.05, 3.63) is 0 Å². The lowest BCUT2D eigenvalue weighted by Crippen LogP contribution is -2.11. The zero-order valence-electron chi connectivity index (χ0n) is 4.91. The molecule has 0 radical (unpaired) electrons. The first-order chi connectivity index (χ1) is 4.77. The summed E-state index contributed by atoms with van der Waals surface area (Å²) in [7, 11) is -4.47. The monoisotopic (exact) mass is 244 g/mol. The summed E-state index contributed by atoms with van der Waals surface area (Å²) in [4.78, 5) is 8.37. The average molecular weight is 245 g/mol. The van der Waals surface area contributed by atoms with E-state index in [1.807, 2.05) is 0 Å². The maximum absolute atomic E-state index is 10.3. The molecular formula is C2H4Cl3O5P. The molecule has 9 heteroatoms. The Morgan fingerprint density at radius 1 is 1.45 bits per heavy atom. The van der Waals surface area contributed by atoms with Gasteiger partial charge in [0.1, 0.15) is 6.61 Å². The molecule has 68 valence electrons. The quantitative estimate of drug-likeness (QED) is 0.344. The molecule has 0 amide bonds. The van der Waals surface area contributed by atoms with Gasteiger partial charge in [0.15, 0.2) is 0 Å². The molecule has 0 saturated heterocycles. The zero-order valence-corrected chi connectivity index (χ0v) is 8.07. The van der Waals surface area contributed by atoms with E-state index in [1.165, 1.54) is 0 Å². The Labute approximate surface area is 77.3 Å². The minimum Gasteiger partial charge on any atom is -0.301 e. The predicted octanol–water partition coefficient (Wildman–Crippen LogP) is 1.96. The molecule has 0 heterocycles. The minimum absolute atomic E-state index is 0.661. The number of rotatable bonds is 3. The number of alkyl halides is 3. The summed E-state index contributed by atoms with van der Waals surface area (Å²) < 4.78 is 15.5. The van der Waals surface area contributed by atoms with Crippen molar-refractivity contribution in [2.45, 2.75) is 3.79 Å². The molecule has 2 N–H and O–H groups in total. The maximum Gasteiger partial charge on any atom is 0.499 e. The maximum atomic E-state index is 10.3. The van der Waals surface area contributed by atoms with Gasteiger partial charge in [-0.05, 0) is 0 Å². The van der Waals surface area contributed by atoms with Gasteiger partial charge in [0.2, 0.25) is 3.79 Å². The molecule has 1 unspecified atom stereocenters. The third-order valence-corrected chi connectivity index (χ3v) is 1.48. The van der Waals surface area contributed by atoms with Crippen molar-refractivity contribution in [2.75, 3.05) is 6.61 Å². The summed E-state index contributed by atoms with van der Waals surface area (Å²) in [5.74, 6) is 0. The van der Waals surface area contributed by atoms with E-state index in [1.54, 1.807) is 0 Å². The fourth-order valence-corrected chi connectivity index (χ4v) is 0.974. The van der Waals surface area contributed by atoms with Crippen LogP contribution in [0.2, 0.25) is 0 Å². The second-order valence-electron chi connectivity index (χ2n) is 1.44. The molecule has 0 aromatic rings. The molecule has 0 aliphatic carbocycles. The highest BCUT2D eigenvalue weighted by Crippen LogP contribution is 2.44. The van der Waals surface area contributed by atoms with Gasteiger partial charge in [0.25, 0.3) is 0 Å². The number of hydrogen-bond acceptors (Lipinski definition) is 4. The van der Waals surface area contributed by atoms with E-state index in [9.17, 15) is 4.57 Å². The van der Waals surface area contributed by atoms with Gasteiger partial charge in [-0.2, -0.15) is 0 Å². The molecule has 11 heavy (non-hydrogen) atoms. The molecular weight excluding hydrogens is 241 g/mol. The van der Waals surface area contributed by atoms with Crippen molar-refractivity contribution >= 4 is 42.6 Å². The van der Waals surface area contributed by atoms with Crippen LogP contribution in [0.3, 0.4) is 0 Å². The van der Waals surface area contributed by atoms with Crippen LogP contribution < -0.4 is 0 Å². The van der Waals surface area contributed by atoms with Gasteiger partial charge in [0.05, 0.1) is 0 Å². The third-order valence-electron chi connectivity index (χ3n) is 0.495. The molecule has 1 atom stereocenters. The van der Waals surface area contributed by atoms with Crippen molar-refractivity contribution in [3.63, 3.8) is 0 Å². The van der Waals surface area contributed by atoms with E-state index in [0.29, 0.717) is 0 Å². The normalized spacial score (nSPS) is 17.9. The van der Waals surface area contributed by atoms with Crippen LogP contribution in [0, 0.1) is 0 Å². The van der Waals surface area contributed by atoms with Crippen LogP contribution >= 0.6 is 42.6 Å². The Kier molecular flexibility index (Phi) is 4.62. The van der Waals surface area contributed by atoms with Gasteiger partial charge in [0, 0.05) is 0 Å². The van der Waals surface area contributed by atoms with Crippen LogP contribution in [0.15, 0.2) is 0 Å². The SMILES string of the molecule is O=P(O)(OO)OCC(Cl)(Cl)Cl. The molecule has 0 aliphatic heterocycles. The van der Waals surface area contributed by atoms with Gasteiger partial charge in [-0.25, -0.2) is 9.82 Å². The van der Waals surface area contributed by atoms with Gasteiger partial charge < -0.3 is 4.89 Å². The van der Waals surface area contributed by atoms with Crippen molar-refractivity contribution in [1.29, 1.82) is 0 Å². The van der Waals surface area contributed by atoms with Crippen LogP contribution in [0.25, 0.3) is 0 Å².